The van der Waals surface area contributed by atoms with Crippen LogP contribution >= 0.6 is 0 Å². The molecule has 0 bridgehead atoms. The van der Waals surface area contributed by atoms with Crippen molar-refractivity contribution in [3.8, 4) is 0 Å². The second-order valence-corrected chi connectivity index (χ2v) is 4.38. The highest BCUT2D eigenvalue weighted by atomic mass is 19.1. The van der Waals surface area contributed by atoms with E-state index in [0.29, 0.717) is 0 Å². The predicted octanol–water partition coefficient (Wildman–Crippen LogP) is 1.82. The van der Waals surface area contributed by atoms with Gasteiger partial charge in [-0.2, -0.15) is 0 Å². The van der Waals surface area contributed by atoms with Gasteiger partial charge in [0.25, 0.3) is 0 Å². The second kappa shape index (κ2) is 5.69. The smallest absolute Gasteiger partial charge is 0.410 e. The molecule has 0 spiro atoms. The summed E-state index contributed by atoms with van der Waals surface area (Å²) in [6, 6.07) is 7.86. The van der Waals surface area contributed by atoms with Gasteiger partial charge in [0.1, 0.15) is 18.8 Å². The van der Waals surface area contributed by atoms with Crippen LogP contribution < -0.4 is 0 Å². The summed E-state index contributed by atoms with van der Waals surface area (Å²) in [6.45, 7) is -0.190. The summed E-state index contributed by atoms with van der Waals surface area (Å²) in [4.78, 5) is 23.6. The highest BCUT2D eigenvalue weighted by Crippen LogP contribution is 2.21. The molecule has 0 radical (unpaired) electrons. The minimum absolute atomic E-state index is 0.0411. The molecule has 2 atom stereocenters. The van der Waals surface area contributed by atoms with E-state index in [1.807, 2.05) is 6.07 Å². The van der Waals surface area contributed by atoms with Crippen LogP contribution in [0.4, 0.5) is 9.18 Å². The lowest BCUT2D eigenvalue weighted by Crippen LogP contribution is -2.40. The monoisotopic (exact) mass is 267 g/mol. The first-order valence-electron chi connectivity index (χ1n) is 5.92. The molecule has 102 valence electrons. The van der Waals surface area contributed by atoms with Gasteiger partial charge >= 0.3 is 12.1 Å². The molecule has 5 nitrogen and oxygen atoms in total. The van der Waals surface area contributed by atoms with E-state index in [9.17, 15) is 14.0 Å². The number of carboxylic acid groups (broad SMARTS) is 1. The van der Waals surface area contributed by atoms with E-state index in [-0.39, 0.29) is 19.6 Å². The lowest BCUT2D eigenvalue weighted by molar-refractivity contribution is -0.141. The Morgan fingerprint density at radius 2 is 2.05 bits per heavy atom. The zero-order chi connectivity index (χ0) is 13.8. The van der Waals surface area contributed by atoms with E-state index in [0.717, 1.165) is 10.5 Å². The summed E-state index contributed by atoms with van der Waals surface area (Å²) in [7, 11) is 0. The van der Waals surface area contributed by atoms with Crippen molar-refractivity contribution in [1.82, 2.24) is 4.90 Å². The van der Waals surface area contributed by atoms with Gasteiger partial charge in [0.15, 0.2) is 0 Å². The van der Waals surface area contributed by atoms with E-state index in [4.69, 9.17) is 9.84 Å². The molecule has 1 fully saturated rings. The topological polar surface area (TPSA) is 66.8 Å². The molecule has 0 aliphatic carbocycles. The number of alkyl halides is 1. The van der Waals surface area contributed by atoms with Crippen molar-refractivity contribution in [3.63, 3.8) is 0 Å². The van der Waals surface area contributed by atoms with Crippen LogP contribution in [0.15, 0.2) is 30.3 Å². The van der Waals surface area contributed by atoms with Crippen molar-refractivity contribution < 1.29 is 23.8 Å². The van der Waals surface area contributed by atoms with Crippen molar-refractivity contribution in [1.29, 1.82) is 0 Å². The number of hydrogen-bond donors (Lipinski definition) is 1. The zero-order valence-corrected chi connectivity index (χ0v) is 10.2. The lowest BCUT2D eigenvalue weighted by atomic mass is 10.2. The minimum Gasteiger partial charge on any atom is -0.480 e. The number of carbonyl (C=O) groups excluding carboxylic acids is 1. The highest BCUT2D eigenvalue weighted by molar-refractivity contribution is 5.80. The van der Waals surface area contributed by atoms with Crippen LogP contribution in [-0.4, -0.2) is 40.8 Å². The van der Waals surface area contributed by atoms with E-state index in [1.165, 1.54) is 0 Å². The molecular formula is C13H14FNO4. The van der Waals surface area contributed by atoms with E-state index >= 15 is 0 Å². The molecule has 1 aromatic carbocycles. The Balaban J connectivity index is 1.94. The molecule has 0 aromatic heterocycles. The van der Waals surface area contributed by atoms with Gasteiger partial charge in [-0.05, 0) is 5.56 Å². The number of hydrogen-bond acceptors (Lipinski definition) is 3. The van der Waals surface area contributed by atoms with Crippen LogP contribution in [0.5, 0.6) is 0 Å². The molecule has 6 heteroatoms. The third-order valence-electron chi connectivity index (χ3n) is 2.97. The zero-order valence-electron chi connectivity index (χ0n) is 10.2. The Kier molecular flexibility index (Phi) is 3.99. The third-order valence-corrected chi connectivity index (χ3v) is 2.97. The summed E-state index contributed by atoms with van der Waals surface area (Å²) >= 11 is 0. The first kappa shape index (κ1) is 13.3. The molecule has 1 saturated heterocycles. The molecule has 1 aliphatic rings. The van der Waals surface area contributed by atoms with E-state index < -0.39 is 24.3 Å². The van der Waals surface area contributed by atoms with Crippen molar-refractivity contribution in [2.24, 2.45) is 0 Å². The highest BCUT2D eigenvalue weighted by Gasteiger charge is 2.40. The van der Waals surface area contributed by atoms with Crippen LogP contribution in [0.25, 0.3) is 0 Å². The van der Waals surface area contributed by atoms with Crippen molar-refractivity contribution >= 4 is 12.1 Å². The second-order valence-electron chi connectivity index (χ2n) is 4.38. The van der Waals surface area contributed by atoms with Crippen LogP contribution in [-0.2, 0) is 16.1 Å². The number of carbonyl (C=O) groups is 2. The largest absolute Gasteiger partial charge is 0.480 e. The van der Waals surface area contributed by atoms with Gasteiger partial charge in [0.2, 0.25) is 0 Å². The SMILES string of the molecule is O=C(O)[C@@H]1C[C@@H](F)CN1C(=O)OCc1ccccc1. The minimum atomic E-state index is -1.31. The number of amides is 1. The summed E-state index contributed by atoms with van der Waals surface area (Å²) < 4.78 is 18.2. The number of nitrogens with zero attached hydrogens (tertiary/aromatic N) is 1. The molecule has 1 aliphatic heterocycles. The number of ether oxygens (including phenoxy) is 1. The number of carboxylic acids is 1. The Morgan fingerprint density at radius 1 is 1.37 bits per heavy atom. The Morgan fingerprint density at radius 3 is 2.68 bits per heavy atom. The van der Waals surface area contributed by atoms with Gasteiger partial charge in [-0.1, -0.05) is 30.3 Å². The van der Waals surface area contributed by atoms with Gasteiger partial charge in [-0.25, -0.2) is 14.0 Å². The van der Waals surface area contributed by atoms with Crippen LogP contribution in [0.2, 0.25) is 0 Å². The molecule has 2 rings (SSSR count). The number of rotatable bonds is 3. The van der Waals surface area contributed by atoms with Crippen molar-refractivity contribution in [2.75, 3.05) is 6.54 Å². The average Bonchev–Trinajstić information content (AvgIpc) is 2.79. The van der Waals surface area contributed by atoms with Crippen molar-refractivity contribution in [3.05, 3.63) is 35.9 Å². The molecule has 1 heterocycles. The first-order valence-corrected chi connectivity index (χ1v) is 5.92. The average molecular weight is 267 g/mol. The lowest BCUT2D eigenvalue weighted by Gasteiger charge is -2.20. The predicted molar refractivity (Wildman–Crippen MR) is 64.3 cm³/mol. The summed E-state index contributed by atoms with van der Waals surface area (Å²) in [6.07, 6.45) is -2.29. The van der Waals surface area contributed by atoms with Gasteiger partial charge in [0.05, 0.1) is 6.54 Å². The Labute approximate surface area is 109 Å². The normalized spacial score (nSPS) is 22.3. The molecule has 19 heavy (non-hydrogen) atoms. The fourth-order valence-electron chi connectivity index (χ4n) is 2.02. The fourth-order valence-corrected chi connectivity index (χ4v) is 2.02. The molecule has 1 aromatic rings. The molecular weight excluding hydrogens is 253 g/mol. The van der Waals surface area contributed by atoms with Gasteiger partial charge in [0, 0.05) is 6.42 Å². The maximum atomic E-state index is 13.2. The summed E-state index contributed by atoms with van der Waals surface area (Å²) in [5.41, 5.74) is 0.790. The van der Waals surface area contributed by atoms with E-state index in [2.05, 4.69) is 0 Å². The quantitative estimate of drug-likeness (QED) is 0.907. The standard InChI is InChI=1S/C13H14FNO4/c14-10-6-11(12(16)17)15(7-10)13(18)19-8-9-4-2-1-3-5-9/h1-5,10-11H,6-8H2,(H,16,17)/t10-,11+/m1/s1. The number of halogens is 1. The number of aliphatic carboxylic acids is 1. The molecule has 0 saturated carbocycles. The van der Waals surface area contributed by atoms with Crippen LogP contribution in [0.1, 0.15) is 12.0 Å². The molecule has 1 N–H and O–H groups in total. The maximum Gasteiger partial charge on any atom is 0.410 e. The summed E-state index contributed by atoms with van der Waals surface area (Å²) in [5.74, 6) is -1.21. The molecule has 0 unspecified atom stereocenters. The van der Waals surface area contributed by atoms with Crippen LogP contribution in [0, 0.1) is 0 Å². The maximum absolute atomic E-state index is 13.2. The first-order chi connectivity index (χ1) is 9.08. The Hall–Kier alpha value is -2.11. The number of likely N-dealkylation sites (tertiary alicyclic amines) is 1. The van der Waals surface area contributed by atoms with Crippen molar-refractivity contribution in [2.45, 2.75) is 25.2 Å². The van der Waals surface area contributed by atoms with Gasteiger partial charge < -0.3 is 9.84 Å². The van der Waals surface area contributed by atoms with Gasteiger partial charge in [-0.15, -0.1) is 0 Å². The van der Waals surface area contributed by atoms with Crippen LogP contribution in [0.3, 0.4) is 0 Å². The Bertz CT molecular complexity index is 465. The fraction of sp³-hybridized carbons (Fsp3) is 0.385. The summed E-state index contributed by atoms with van der Waals surface area (Å²) in [5, 5.41) is 8.92. The molecule has 1 amide bonds. The number of benzene rings is 1. The van der Waals surface area contributed by atoms with E-state index in [1.54, 1.807) is 24.3 Å². The third kappa shape index (κ3) is 3.21. The van der Waals surface area contributed by atoms with Gasteiger partial charge in [-0.3, -0.25) is 4.90 Å².